The van der Waals surface area contributed by atoms with Gasteiger partial charge in [-0.1, -0.05) is 38.5 Å². The topological polar surface area (TPSA) is 93.1 Å². The van der Waals surface area contributed by atoms with Crippen LogP contribution in [0.25, 0.3) is 10.8 Å². The van der Waals surface area contributed by atoms with E-state index in [1.54, 1.807) is 31.2 Å². The number of nitrogens with one attached hydrogen (secondary N) is 2. The molecule has 0 spiro atoms. The number of fused-ring (bicyclic) bond motifs is 1. The molecule has 8 heteroatoms. The van der Waals surface area contributed by atoms with Crippen LogP contribution in [0.2, 0.25) is 0 Å². The summed E-state index contributed by atoms with van der Waals surface area (Å²) in [5.41, 5.74) is 5.90. The molecule has 0 bridgehead atoms. The van der Waals surface area contributed by atoms with Crippen molar-refractivity contribution in [3.05, 3.63) is 61.7 Å². The van der Waals surface area contributed by atoms with Crippen molar-refractivity contribution in [3.8, 4) is 0 Å². The summed E-state index contributed by atoms with van der Waals surface area (Å²) in [5, 5.41) is 5.03. The van der Waals surface area contributed by atoms with Crippen LogP contribution in [-0.2, 0) is 19.4 Å². The Morgan fingerprint density at radius 2 is 1.76 bits per heavy atom. The number of aryl methyl sites for hydroxylation is 3. The first-order valence-electron chi connectivity index (χ1n) is 9.72. The van der Waals surface area contributed by atoms with Crippen LogP contribution in [0, 0.1) is 0 Å². The van der Waals surface area contributed by atoms with Crippen molar-refractivity contribution in [2.24, 2.45) is 0 Å². The van der Waals surface area contributed by atoms with Gasteiger partial charge in [0.15, 0.2) is 5.69 Å². The number of thiophene rings is 1. The highest BCUT2D eigenvalue weighted by Gasteiger charge is 2.18. The molecule has 0 aliphatic carbocycles. The molecule has 0 aliphatic rings. The lowest BCUT2D eigenvalue weighted by Crippen LogP contribution is -2.42. The second-order valence-electron chi connectivity index (χ2n) is 6.59. The van der Waals surface area contributed by atoms with E-state index in [0.29, 0.717) is 22.2 Å². The van der Waals surface area contributed by atoms with Crippen molar-refractivity contribution >= 4 is 33.9 Å². The van der Waals surface area contributed by atoms with Crippen LogP contribution in [0.3, 0.4) is 0 Å². The molecule has 3 rings (SSSR count). The Labute approximate surface area is 172 Å². The third kappa shape index (κ3) is 4.22. The van der Waals surface area contributed by atoms with E-state index in [9.17, 15) is 14.4 Å². The highest BCUT2D eigenvalue weighted by Crippen LogP contribution is 2.24. The number of nitrogens with zero attached hydrogens (tertiary/aromatic N) is 2. The molecule has 0 radical (unpaired) electrons. The number of aromatic nitrogens is 2. The third-order valence-corrected chi connectivity index (χ3v) is 5.89. The minimum Gasteiger partial charge on any atom is -0.267 e. The van der Waals surface area contributed by atoms with Crippen molar-refractivity contribution in [1.29, 1.82) is 0 Å². The Morgan fingerprint density at radius 1 is 1.07 bits per heavy atom. The third-order valence-electron chi connectivity index (χ3n) is 4.65. The average molecular weight is 413 g/mol. The molecule has 2 N–H and O–H groups in total. The highest BCUT2D eigenvalue weighted by atomic mass is 32.1. The molecule has 0 fully saturated rings. The zero-order chi connectivity index (χ0) is 21.0. The zero-order valence-corrected chi connectivity index (χ0v) is 17.6. The van der Waals surface area contributed by atoms with Gasteiger partial charge in [0, 0.05) is 16.8 Å². The SMILES string of the molecule is CCCc1sc(C(=O)NNC(=O)c2nn(CC)c(=O)c3ccccc23)cc1CC. The molecule has 2 heterocycles. The van der Waals surface area contributed by atoms with E-state index in [1.807, 2.05) is 6.07 Å². The van der Waals surface area contributed by atoms with Crippen molar-refractivity contribution in [3.63, 3.8) is 0 Å². The van der Waals surface area contributed by atoms with Gasteiger partial charge < -0.3 is 0 Å². The summed E-state index contributed by atoms with van der Waals surface area (Å²) in [6.45, 7) is 6.28. The number of hydrazine groups is 1. The molecule has 3 aromatic rings. The van der Waals surface area contributed by atoms with E-state index in [1.165, 1.54) is 20.9 Å². The maximum absolute atomic E-state index is 12.7. The van der Waals surface area contributed by atoms with Crippen LogP contribution in [0.1, 0.15) is 57.8 Å². The fourth-order valence-corrected chi connectivity index (χ4v) is 4.42. The van der Waals surface area contributed by atoms with Crippen LogP contribution < -0.4 is 16.4 Å². The smallest absolute Gasteiger partial charge is 0.267 e. The standard InChI is InChI=1S/C21H24N4O3S/c1-4-9-16-13(5-2)12-17(29-16)19(26)22-23-20(27)18-14-10-7-8-11-15(14)21(28)25(6-3)24-18/h7-8,10-12H,4-6,9H2,1-3H3,(H,22,26)(H,23,27). The summed E-state index contributed by atoms with van der Waals surface area (Å²) in [4.78, 5) is 39.4. The van der Waals surface area contributed by atoms with Gasteiger partial charge >= 0.3 is 0 Å². The van der Waals surface area contributed by atoms with Crippen molar-refractivity contribution in [2.75, 3.05) is 0 Å². The Kier molecular flexibility index (Phi) is 6.43. The lowest BCUT2D eigenvalue weighted by molar-refractivity contribution is 0.0846. The number of hydrogen-bond donors (Lipinski definition) is 2. The van der Waals surface area contributed by atoms with Crippen LogP contribution in [-0.4, -0.2) is 21.6 Å². The summed E-state index contributed by atoms with van der Waals surface area (Å²) in [6.07, 6.45) is 2.80. The molecule has 0 aliphatic heterocycles. The number of amides is 2. The normalized spacial score (nSPS) is 10.9. The van der Waals surface area contributed by atoms with Gasteiger partial charge in [-0.3, -0.25) is 25.2 Å². The minimum atomic E-state index is -0.571. The zero-order valence-electron chi connectivity index (χ0n) is 16.7. The maximum Gasteiger partial charge on any atom is 0.290 e. The number of carbonyl (C=O) groups is 2. The Balaban J connectivity index is 1.82. The average Bonchev–Trinajstić information content (AvgIpc) is 3.15. The summed E-state index contributed by atoms with van der Waals surface area (Å²) in [5.74, 6) is -0.939. The van der Waals surface area contributed by atoms with Crippen molar-refractivity contribution in [2.45, 2.75) is 46.6 Å². The second kappa shape index (κ2) is 9.00. The maximum atomic E-state index is 12.7. The quantitative estimate of drug-likeness (QED) is 0.609. The second-order valence-corrected chi connectivity index (χ2v) is 7.72. The summed E-state index contributed by atoms with van der Waals surface area (Å²) >= 11 is 1.45. The first-order chi connectivity index (χ1) is 14.0. The minimum absolute atomic E-state index is 0.0921. The molecular formula is C21H24N4O3S. The molecule has 7 nitrogen and oxygen atoms in total. The summed E-state index contributed by atoms with van der Waals surface area (Å²) in [6, 6.07) is 8.69. The van der Waals surface area contributed by atoms with Crippen LogP contribution >= 0.6 is 11.3 Å². The molecule has 0 saturated carbocycles. The molecular weight excluding hydrogens is 388 g/mol. The molecule has 29 heavy (non-hydrogen) atoms. The lowest BCUT2D eigenvalue weighted by atomic mass is 10.1. The molecule has 152 valence electrons. The van der Waals surface area contributed by atoms with Gasteiger partial charge in [0.25, 0.3) is 17.4 Å². The van der Waals surface area contributed by atoms with E-state index in [0.717, 1.165) is 24.8 Å². The number of benzene rings is 1. The number of rotatable bonds is 6. The van der Waals surface area contributed by atoms with Gasteiger partial charge in [0.2, 0.25) is 0 Å². The Bertz CT molecular complexity index is 1120. The Morgan fingerprint density at radius 3 is 2.41 bits per heavy atom. The van der Waals surface area contributed by atoms with E-state index in [4.69, 9.17) is 0 Å². The van der Waals surface area contributed by atoms with E-state index in [-0.39, 0.29) is 17.2 Å². The van der Waals surface area contributed by atoms with E-state index < -0.39 is 5.91 Å². The van der Waals surface area contributed by atoms with Crippen LogP contribution in [0.15, 0.2) is 35.1 Å². The van der Waals surface area contributed by atoms with Crippen LogP contribution in [0.4, 0.5) is 0 Å². The molecule has 2 aromatic heterocycles. The van der Waals surface area contributed by atoms with Crippen molar-refractivity contribution in [1.82, 2.24) is 20.6 Å². The monoisotopic (exact) mass is 412 g/mol. The lowest BCUT2D eigenvalue weighted by Gasteiger charge is -2.10. The predicted octanol–water partition coefficient (Wildman–Crippen LogP) is 3.07. The molecule has 0 saturated heterocycles. The molecule has 0 atom stereocenters. The first kappa shape index (κ1) is 20.7. The van der Waals surface area contributed by atoms with E-state index in [2.05, 4.69) is 29.8 Å². The highest BCUT2D eigenvalue weighted by molar-refractivity contribution is 7.14. The molecule has 2 amide bonds. The largest absolute Gasteiger partial charge is 0.290 e. The number of hydrogen-bond acceptors (Lipinski definition) is 5. The van der Waals surface area contributed by atoms with Crippen molar-refractivity contribution < 1.29 is 9.59 Å². The summed E-state index contributed by atoms with van der Waals surface area (Å²) < 4.78 is 1.24. The van der Waals surface area contributed by atoms with Gasteiger partial charge in [-0.25, -0.2) is 4.68 Å². The van der Waals surface area contributed by atoms with Gasteiger partial charge in [-0.2, -0.15) is 5.10 Å². The first-order valence-corrected chi connectivity index (χ1v) is 10.5. The Hall–Kier alpha value is -3.00. The van der Waals surface area contributed by atoms with Gasteiger partial charge in [0.05, 0.1) is 10.3 Å². The predicted molar refractivity (Wildman–Crippen MR) is 114 cm³/mol. The molecule has 1 aromatic carbocycles. The fraction of sp³-hybridized carbons (Fsp3) is 0.333. The van der Waals surface area contributed by atoms with E-state index >= 15 is 0 Å². The van der Waals surface area contributed by atoms with Crippen LogP contribution in [0.5, 0.6) is 0 Å². The number of carbonyl (C=O) groups excluding carboxylic acids is 2. The van der Waals surface area contributed by atoms with Gasteiger partial charge in [-0.05, 0) is 37.5 Å². The van der Waals surface area contributed by atoms with Gasteiger partial charge in [0.1, 0.15) is 0 Å². The van der Waals surface area contributed by atoms with Gasteiger partial charge in [-0.15, -0.1) is 11.3 Å². The molecule has 0 unspecified atom stereocenters. The fourth-order valence-electron chi connectivity index (χ4n) is 3.17. The summed E-state index contributed by atoms with van der Waals surface area (Å²) in [7, 11) is 0.